The first-order valence-corrected chi connectivity index (χ1v) is 12.6. The highest BCUT2D eigenvalue weighted by Gasteiger charge is 2.26. The summed E-state index contributed by atoms with van der Waals surface area (Å²) in [6.07, 6.45) is 5.90. The molecule has 11 heteroatoms. The Morgan fingerprint density at radius 1 is 1.15 bits per heavy atom. The van der Waals surface area contributed by atoms with E-state index in [1.807, 2.05) is 13.8 Å². The predicted molar refractivity (Wildman–Crippen MR) is 128 cm³/mol. The highest BCUT2D eigenvalue weighted by atomic mass is 32.2. The second-order valence-corrected chi connectivity index (χ2v) is 10.1. The van der Waals surface area contributed by atoms with Crippen LogP contribution in [0.15, 0.2) is 47.8 Å². The first kappa shape index (κ1) is 23.4. The van der Waals surface area contributed by atoms with Crippen LogP contribution in [0.4, 0.5) is 0 Å². The van der Waals surface area contributed by atoms with E-state index in [1.165, 1.54) is 18.0 Å². The van der Waals surface area contributed by atoms with Crippen molar-refractivity contribution in [2.45, 2.75) is 19.9 Å². The smallest absolute Gasteiger partial charge is 0.328 e. The SMILES string of the molecule is CCOc1cc(C(CS(C)(=O)=O)n2c(=O)[nH]c3cc(-c4cncnc4C)cnc32)ccc1OC. The number of aryl methyl sites for hydroxylation is 1. The van der Waals surface area contributed by atoms with Crippen LogP contribution < -0.4 is 15.2 Å². The molecule has 0 radical (unpaired) electrons. The van der Waals surface area contributed by atoms with Crippen molar-refractivity contribution in [2.75, 3.05) is 25.7 Å². The summed E-state index contributed by atoms with van der Waals surface area (Å²) in [5, 5.41) is 0. The summed E-state index contributed by atoms with van der Waals surface area (Å²) in [5.74, 6) is 0.675. The lowest BCUT2D eigenvalue weighted by Crippen LogP contribution is -2.28. The number of hydrogen-bond acceptors (Lipinski definition) is 8. The third-order valence-corrected chi connectivity index (χ3v) is 6.34. The lowest BCUT2D eigenvalue weighted by molar-refractivity contribution is 0.310. The number of hydrogen-bond donors (Lipinski definition) is 1. The summed E-state index contributed by atoms with van der Waals surface area (Å²) < 4.78 is 37.1. The van der Waals surface area contributed by atoms with Gasteiger partial charge in [-0.15, -0.1) is 0 Å². The molecule has 34 heavy (non-hydrogen) atoms. The molecule has 4 rings (SSSR count). The van der Waals surface area contributed by atoms with E-state index in [0.29, 0.717) is 34.8 Å². The van der Waals surface area contributed by atoms with Gasteiger partial charge in [0, 0.05) is 35.5 Å². The lowest BCUT2D eigenvalue weighted by atomic mass is 10.1. The molecule has 1 aromatic carbocycles. The number of H-pyrrole nitrogens is 1. The molecule has 10 nitrogen and oxygen atoms in total. The first-order chi connectivity index (χ1) is 16.2. The zero-order chi connectivity index (χ0) is 24.5. The third kappa shape index (κ3) is 4.65. The van der Waals surface area contributed by atoms with Crippen LogP contribution in [0.5, 0.6) is 11.5 Å². The Balaban J connectivity index is 1.89. The van der Waals surface area contributed by atoms with Crippen LogP contribution in [0.3, 0.4) is 0 Å². The molecule has 0 aliphatic rings. The quantitative estimate of drug-likeness (QED) is 0.405. The average Bonchev–Trinajstić information content (AvgIpc) is 3.12. The van der Waals surface area contributed by atoms with Crippen LogP contribution in [0.1, 0.15) is 24.2 Å². The minimum Gasteiger partial charge on any atom is -0.493 e. The van der Waals surface area contributed by atoms with E-state index in [0.717, 1.165) is 23.1 Å². The van der Waals surface area contributed by atoms with Crippen molar-refractivity contribution in [2.24, 2.45) is 0 Å². The molecule has 0 spiro atoms. The third-order valence-electron chi connectivity index (χ3n) is 5.42. The van der Waals surface area contributed by atoms with Crippen LogP contribution in [-0.4, -0.2) is 58.6 Å². The van der Waals surface area contributed by atoms with Crippen LogP contribution in [0.2, 0.25) is 0 Å². The van der Waals surface area contributed by atoms with Gasteiger partial charge in [0.15, 0.2) is 17.1 Å². The van der Waals surface area contributed by atoms with Gasteiger partial charge >= 0.3 is 5.69 Å². The number of pyridine rings is 1. The molecule has 178 valence electrons. The van der Waals surface area contributed by atoms with Gasteiger partial charge < -0.3 is 14.5 Å². The Morgan fingerprint density at radius 3 is 2.62 bits per heavy atom. The average molecular weight is 484 g/mol. The summed E-state index contributed by atoms with van der Waals surface area (Å²) in [5.41, 5.74) is 3.22. The molecule has 1 unspecified atom stereocenters. The van der Waals surface area contributed by atoms with Crippen molar-refractivity contribution in [3.8, 4) is 22.6 Å². The maximum absolute atomic E-state index is 13.1. The Bertz CT molecular complexity index is 1510. The van der Waals surface area contributed by atoms with E-state index in [9.17, 15) is 13.2 Å². The molecule has 0 aliphatic heterocycles. The number of ether oxygens (including phenoxy) is 2. The van der Waals surface area contributed by atoms with Crippen LogP contribution in [0, 0.1) is 6.92 Å². The Kier molecular flexibility index (Phi) is 6.38. The predicted octanol–water partition coefficient (Wildman–Crippen LogP) is 2.53. The summed E-state index contributed by atoms with van der Waals surface area (Å²) in [7, 11) is -1.95. The van der Waals surface area contributed by atoms with Crippen molar-refractivity contribution in [3.05, 3.63) is 64.7 Å². The number of nitrogens with one attached hydrogen (secondary N) is 1. The fourth-order valence-corrected chi connectivity index (χ4v) is 4.81. The Labute approximate surface area is 196 Å². The molecule has 3 heterocycles. The summed E-state index contributed by atoms with van der Waals surface area (Å²) in [6.45, 7) is 4.10. The van der Waals surface area contributed by atoms with E-state index >= 15 is 0 Å². The number of rotatable bonds is 8. The van der Waals surface area contributed by atoms with E-state index in [-0.39, 0.29) is 5.75 Å². The minimum absolute atomic E-state index is 0.299. The van der Waals surface area contributed by atoms with Gasteiger partial charge in [-0.1, -0.05) is 6.07 Å². The molecule has 0 saturated carbocycles. The molecular weight excluding hydrogens is 458 g/mol. The highest BCUT2D eigenvalue weighted by Crippen LogP contribution is 2.33. The largest absolute Gasteiger partial charge is 0.493 e. The highest BCUT2D eigenvalue weighted by molar-refractivity contribution is 7.90. The van der Waals surface area contributed by atoms with Gasteiger partial charge in [-0.3, -0.25) is 4.57 Å². The number of fused-ring (bicyclic) bond motifs is 1. The van der Waals surface area contributed by atoms with Gasteiger partial charge in [-0.2, -0.15) is 0 Å². The maximum Gasteiger partial charge on any atom is 0.328 e. The summed E-state index contributed by atoms with van der Waals surface area (Å²) >= 11 is 0. The van der Waals surface area contributed by atoms with Crippen molar-refractivity contribution < 1.29 is 17.9 Å². The zero-order valence-corrected chi connectivity index (χ0v) is 20.1. The molecule has 0 bridgehead atoms. The monoisotopic (exact) mass is 483 g/mol. The van der Waals surface area contributed by atoms with Gasteiger partial charge in [0.05, 0.1) is 31.0 Å². The number of sulfone groups is 1. The molecular formula is C23H25N5O5S. The molecule has 3 aromatic heterocycles. The second-order valence-electron chi connectivity index (χ2n) is 7.87. The number of nitrogens with zero attached hydrogens (tertiary/aromatic N) is 4. The van der Waals surface area contributed by atoms with E-state index in [2.05, 4.69) is 19.9 Å². The number of methoxy groups -OCH3 is 1. The number of benzene rings is 1. The standard InChI is InChI=1S/C23H25N5O5S/c1-5-33-21-9-15(6-7-20(21)32-3)19(12-34(4,30)31)28-22-18(27-23(28)29)8-16(10-25-22)17-11-24-13-26-14(17)2/h6-11,13,19H,5,12H2,1-4H3,(H,27,29). The first-order valence-electron chi connectivity index (χ1n) is 10.6. The van der Waals surface area contributed by atoms with Crippen LogP contribution in [-0.2, 0) is 9.84 Å². The lowest BCUT2D eigenvalue weighted by Gasteiger charge is -2.20. The van der Waals surface area contributed by atoms with Gasteiger partial charge in [0.25, 0.3) is 0 Å². The second kappa shape index (κ2) is 9.26. The minimum atomic E-state index is -3.47. The fourth-order valence-electron chi connectivity index (χ4n) is 3.90. The zero-order valence-electron chi connectivity index (χ0n) is 19.3. The molecule has 0 fully saturated rings. The number of aromatic amines is 1. The summed E-state index contributed by atoms with van der Waals surface area (Å²) in [6, 6.07) is 6.06. The van der Waals surface area contributed by atoms with Gasteiger partial charge in [-0.05, 0) is 37.6 Å². The van der Waals surface area contributed by atoms with Crippen LogP contribution in [0.25, 0.3) is 22.3 Å². The fraction of sp³-hybridized carbons (Fsp3) is 0.304. The van der Waals surface area contributed by atoms with E-state index in [4.69, 9.17) is 9.47 Å². The van der Waals surface area contributed by atoms with E-state index < -0.39 is 21.6 Å². The van der Waals surface area contributed by atoms with Crippen molar-refractivity contribution in [1.82, 2.24) is 24.5 Å². The van der Waals surface area contributed by atoms with E-state index in [1.54, 1.807) is 36.7 Å². The molecule has 1 N–H and O–H groups in total. The van der Waals surface area contributed by atoms with Crippen molar-refractivity contribution in [3.63, 3.8) is 0 Å². The number of aromatic nitrogens is 5. The molecule has 4 aromatic rings. The normalized spacial score (nSPS) is 12.6. The van der Waals surface area contributed by atoms with Crippen molar-refractivity contribution in [1.29, 1.82) is 0 Å². The molecule has 0 amide bonds. The van der Waals surface area contributed by atoms with Crippen molar-refractivity contribution >= 4 is 21.0 Å². The molecule has 1 atom stereocenters. The maximum atomic E-state index is 13.1. The number of imidazole rings is 1. The van der Waals surface area contributed by atoms with Gasteiger partial charge in [-0.25, -0.2) is 28.2 Å². The molecule has 0 saturated heterocycles. The Morgan fingerprint density at radius 2 is 1.94 bits per heavy atom. The van der Waals surface area contributed by atoms with Gasteiger partial charge in [0.2, 0.25) is 0 Å². The Hall–Kier alpha value is -3.73. The van der Waals surface area contributed by atoms with Crippen LogP contribution >= 0.6 is 0 Å². The topological polar surface area (TPSA) is 129 Å². The summed E-state index contributed by atoms with van der Waals surface area (Å²) in [4.78, 5) is 28.7. The molecule has 0 aliphatic carbocycles. The van der Waals surface area contributed by atoms with Gasteiger partial charge in [0.1, 0.15) is 16.2 Å².